The molecule has 1 amide bonds. The van der Waals surface area contributed by atoms with Crippen molar-refractivity contribution in [3.8, 4) is 11.5 Å². The van der Waals surface area contributed by atoms with Crippen LogP contribution in [0.5, 0.6) is 11.5 Å². The van der Waals surface area contributed by atoms with Crippen molar-refractivity contribution < 1.29 is 24.2 Å². The molecule has 1 fully saturated rings. The number of rotatable bonds is 5. The molecule has 0 aromatic heterocycles. The fourth-order valence-electron chi connectivity index (χ4n) is 4.55. The second-order valence-corrected chi connectivity index (χ2v) is 10.5. The lowest BCUT2D eigenvalue weighted by Crippen LogP contribution is -2.30. The number of ether oxygens (including phenoxy) is 2. The molecule has 1 N–H and O–H groups in total. The van der Waals surface area contributed by atoms with Crippen LogP contribution in [-0.2, 0) is 15.0 Å². The molecule has 0 aliphatic carbocycles. The second-order valence-electron chi connectivity index (χ2n) is 10.0. The Morgan fingerprint density at radius 3 is 2.22 bits per heavy atom. The summed E-state index contributed by atoms with van der Waals surface area (Å²) in [4.78, 5) is 28.5. The van der Waals surface area contributed by atoms with Gasteiger partial charge in [0, 0.05) is 10.7 Å². The number of carbonyl (C=O) groups excluding carboxylic acids is 2. The van der Waals surface area contributed by atoms with Crippen LogP contribution < -0.4 is 14.4 Å². The van der Waals surface area contributed by atoms with Gasteiger partial charge in [-0.3, -0.25) is 14.5 Å². The van der Waals surface area contributed by atoms with E-state index in [2.05, 4.69) is 20.8 Å². The van der Waals surface area contributed by atoms with Crippen LogP contribution in [0, 0.1) is 6.92 Å². The molecule has 0 spiro atoms. The number of carbonyl (C=O) groups is 2. The number of hydrogen-bond acceptors (Lipinski definition) is 5. The quantitative estimate of drug-likeness (QED) is 0.234. The topological polar surface area (TPSA) is 76.1 Å². The lowest BCUT2D eigenvalue weighted by molar-refractivity contribution is -0.132. The first kappa shape index (κ1) is 26.3. The number of hydrogen-bond donors (Lipinski definition) is 1. The number of halogens is 1. The van der Waals surface area contributed by atoms with Gasteiger partial charge in [-0.2, -0.15) is 0 Å². The summed E-state index contributed by atoms with van der Waals surface area (Å²) >= 11 is 6.30. The fourth-order valence-corrected chi connectivity index (χ4v) is 4.71. The van der Waals surface area contributed by atoms with E-state index in [-0.39, 0.29) is 22.3 Å². The standard InChI is InChI=1S/C30H30ClNO5/c1-17-7-12-20(31)15-23(17)32-26(18-8-10-19(11-9-18)30(2,3)4)25(28(34)29(32)35)27(33)22-16-21(36-5)13-14-24(22)37-6/h7-16,26,33H,1-6H3/b27-25+. The summed E-state index contributed by atoms with van der Waals surface area (Å²) in [7, 11) is 2.97. The van der Waals surface area contributed by atoms with Crippen LogP contribution in [0.4, 0.5) is 5.69 Å². The Labute approximate surface area is 222 Å². The Bertz CT molecular complexity index is 1400. The molecule has 3 aromatic carbocycles. The Morgan fingerprint density at radius 2 is 1.62 bits per heavy atom. The normalized spacial score (nSPS) is 17.3. The molecule has 1 atom stereocenters. The van der Waals surface area contributed by atoms with Gasteiger partial charge in [0.15, 0.2) is 0 Å². The molecule has 192 valence electrons. The smallest absolute Gasteiger partial charge is 0.300 e. The van der Waals surface area contributed by atoms with Crippen LogP contribution >= 0.6 is 11.6 Å². The number of aliphatic hydroxyl groups excluding tert-OH is 1. The van der Waals surface area contributed by atoms with E-state index >= 15 is 0 Å². The highest BCUT2D eigenvalue weighted by molar-refractivity contribution is 6.52. The minimum atomic E-state index is -0.887. The molecule has 7 heteroatoms. The monoisotopic (exact) mass is 519 g/mol. The van der Waals surface area contributed by atoms with Crippen LogP contribution in [0.25, 0.3) is 5.76 Å². The Morgan fingerprint density at radius 1 is 0.946 bits per heavy atom. The van der Waals surface area contributed by atoms with E-state index in [0.717, 1.165) is 11.1 Å². The number of amides is 1. The summed E-state index contributed by atoms with van der Waals surface area (Å²) in [6, 6.07) is 16.9. The summed E-state index contributed by atoms with van der Waals surface area (Å²) in [5.41, 5.74) is 3.16. The first-order valence-corrected chi connectivity index (χ1v) is 12.3. The summed E-state index contributed by atoms with van der Waals surface area (Å²) in [6.45, 7) is 8.17. The van der Waals surface area contributed by atoms with E-state index in [1.165, 1.54) is 19.1 Å². The minimum absolute atomic E-state index is 0.0422. The number of anilines is 1. The van der Waals surface area contributed by atoms with E-state index < -0.39 is 17.7 Å². The predicted molar refractivity (Wildman–Crippen MR) is 146 cm³/mol. The van der Waals surface area contributed by atoms with Gasteiger partial charge in [-0.05, 0) is 59.4 Å². The third-order valence-electron chi connectivity index (χ3n) is 6.63. The number of methoxy groups -OCH3 is 2. The number of benzene rings is 3. The van der Waals surface area contributed by atoms with E-state index in [1.807, 2.05) is 31.2 Å². The van der Waals surface area contributed by atoms with E-state index in [9.17, 15) is 14.7 Å². The van der Waals surface area contributed by atoms with Gasteiger partial charge in [-0.25, -0.2) is 0 Å². The molecule has 37 heavy (non-hydrogen) atoms. The molecule has 0 saturated carbocycles. The van der Waals surface area contributed by atoms with E-state index in [4.69, 9.17) is 21.1 Å². The maximum atomic E-state index is 13.5. The molecule has 0 bridgehead atoms. The summed E-state index contributed by atoms with van der Waals surface area (Å²) in [5, 5.41) is 12.0. The zero-order valence-corrected chi connectivity index (χ0v) is 22.5. The summed E-state index contributed by atoms with van der Waals surface area (Å²) < 4.78 is 10.8. The fraction of sp³-hybridized carbons (Fsp3) is 0.267. The Kier molecular flexibility index (Phi) is 7.07. The molecular weight excluding hydrogens is 490 g/mol. The third-order valence-corrected chi connectivity index (χ3v) is 6.86. The number of ketones is 1. The van der Waals surface area contributed by atoms with Gasteiger partial charge in [0.05, 0.1) is 31.4 Å². The van der Waals surface area contributed by atoms with E-state index in [1.54, 1.807) is 36.4 Å². The van der Waals surface area contributed by atoms with Crippen molar-refractivity contribution in [1.29, 1.82) is 0 Å². The average molecular weight is 520 g/mol. The number of aliphatic hydroxyl groups is 1. The van der Waals surface area contributed by atoms with Crippen LogP contribution in [0.3, 0.4) is 0 Å². The summed E-state index contributed by atoms with van der Waals surface area (Å²) in [5.74, 6) is -1.09. The molecule has 1 aliphatic rings. The second kappa shape index (κ2) is 9.94. The first-order valence-electron chi connectivity index (χ1n) is 11.9. The molecule has 1 aliphatic heterocycles. The Balaban J connectivity index is 2.00. The molecule has 6 nitrogen and oxygen atoms in total. The van der Waals surface area contributed by atoms with Crippen molar-refractivity contribution in [3.05, 3.63) is 93.5 Å². The zero-order valence-electron chi connectivity index (χ0n) is 21.8. The SMILES string of the molecule is COc1ccc(OC)c(/C(O)=C2\C(=O)C(=O)N(c3cc(Cl)ccc3C)C2c2ccc(C(C)(C)C)cc2)c1. The lowest BCUT2D eigenvalue weighted by atomic mass is 9.85. The number of nitrogens with zero attached hydrogens (tertiary/aromatic N) is 1. The van der Waals surface area contributed by atoms with Crippen molar-refractivity contribution in [2.75, 3.05) is 19.1 Å². The Hall–Kier alpha value is -3.77. The molecule has 1 unspecified atom stereocenters. The van der Waals surface area contributed by atoms with Gasteiger partial charge in [-0.1, -0.05) is 62.7 Å². The lowest BCUT2D eigenvalue weighted by Gasteiger charge is -2.28. The molecule has 3 aromatic rings. The molecular formula is C30H30ClNO5. The highest BCUT2D eigenvalue weighted by Gasteiger charge is 2.47. The molecule has 1 saturated heterocycles. The van der Waals surface area contributed by atoms with Crippen LogP contribution in [0.1, 0.15) is 49.1 Å². The third kappa shape index (κ3) is 4.81. The van der Waals surface area contributed by atoms with Crippen LogP contribution in [0.15, 0.2) is 66.2 Å². The van der Waals surface area contributed by atoms with Crippen molar-refractivity contribution >= 4 is 34.7 Å². The molecule has 1 heterocycles. The first-order chi connectivity index (χ1) is 17.5. The van der Waals surface area contributed by atoms with Gasteiger partial charge in [0.1, 0.15) is 17.3 Å². The molecule has 0 radical (unpaired) electrons. The van der Waals surface area contributed by atoms with Gasteiger partial charge in [0.25, 0.3) is 11.7 Å². The average Bonchev–Trinajstić information content (AvgIpc) is 3.14. The number of aryl methyl sites for hydroxylation is 1. The van der Waals surface area contributed by atoms with Crippen LogP contribution in [0.2, 0.25) is 5.02 Å². The number of Topliss-reactive ketones (excluding diaryl/α,β-unsaturated/α-hetero) is 1. The highest BCUT2D eigenvalue weighted by Crippen LogP contribution is 2.45. The van der Waals surface area contributed by atoms with Gasteiger partial charge in [0.2, 0.25) is 0 Å². The summed E-state index contributed by atoms with van der Waals surface area (Å²) in [6.07, 6.45) is 0. The van der Waals surface area contributed by atoms with Crippen LogP contribution in [-0.4, -0.2) is 31.0 Å². The van der Waals surface area contributed by atoms with E-state index in [0.29, 0.717) is 27.8 Å². The van der Waals surface area contributed by atoms with Gasteiger partial charge < -0.3 is 14.6 Å². The maximum absolute atomic E-state index is 13.5. The largest absolute Gasteiger partial charge is 0.507 e. The van der Waals surface area contributed by atoms with Crippen molar-refractivity contribution in [2.24, 2.45) is 0 Å². The highest BCUT2D eigenvalue weighted by atomic mass is 35.5. The molecule has 4 rings (SSSR count). The van der Waals surface area contributed by atoms with Crippen molar-refractivity contribution in [1.82, 2.24) is 0 Å². The van der Waals surface area contributed by atoms with Gasteiger partial charge >= 0.3 is 0 Å². The van der Waals surface area contributed by atoms with Crippen molar-refractivity contribution in [3.63, 3.8) is 0 Å². The van der Waals surface area contributed by atoms with Crippen molar-refractivity contribution in [2.45, 2.75) is 39.2 Å². The minimum Gasteiger partial charge on any atom is -0.507 e. The maximum Gasteiger partial charge on any atom is 0.300 e. The predicted octanol–water partition coefficient (Wildman–Crippen LogP) is 6.59. The van der Waals surface area contributed by atoms with Gasteiger partial charge in [-0.15, -0.1) is 0 Å². The zero-order chi connectivity index (χ0) is 27.1.